The lowest BCUT2D eigenvalue weighted by Crippen LogP contribution is -2.15. The van der Waals surface area contributed by atoms with Gasteiger partial charge in [-0.3, -0.25) is 10.1 Å². The molecule has 0 atom stereocenters. The predicted octanol–water partition coefficient (Wildman–Crippen LogP) is 2.64. The molecule has 1 aromatic heterocycles. The lowest BCUT2D eigenvalue weighted by atomic mass is 10.1. The molecule has 6 nitrogen and oxygen atoms in total. The molecular formula is C13H12FN3O3. The van der Waals surface area contributed by atoms with Crippen molar-refractivity contribution in [1.29, 1.82) is 0 Å². The zero-order valence-electron chi connectivity index (χ0n) is 10.5. The lowest BCUT2D eigenvalue weighted by Gasteiger charge is -2.00. The summed E-state index contributed by atoms with van der Waals surface area (Å²) >= 11 is 0. The number of oxazole rings is 1. The summed E-state index contributed by atoms with van der Waals surface area (Å²) < 4.78 is 18.6. The number of benzene rings is 1. The Kier molecular flexibility index (Phi) is 3.19. The van der Waals surface area contributed by atoms with Crippen LogP contribution >= 0.6 is 0 Å². The smallest absolute Gasteiger partial charge is 0.283 e. The maximum atomic E-state index is 13.1. The van der Waals surface area contributed by atoms with Gasteiger partial charge in [-0.1, -0.05) is 0 Å². The monoisotopic (exact) mass is 277 g/mol. The van der Waals surface area contributed by atoms with Gasteiger partial charge in [0.15, 0.2) is 5.76 Å². The molecule has 0 unspecified atom stereocenters. The molecule has 1 heterocycles. The van der Waals surface area contributed by atoms with Gasteiger partial charge in [-0.2, -0.15) is 0 Å². The Morgan fingerprint density at radius 1 is 1.50 bits per heavy atom. The van der Waals surface area contributed by atoms with Crippen molar-refractivity contribution in [3.8, 4) is 11.3 Å². The third-order valence-corrected chi connectivity index (χ3v) is 3.09. The standard InChI is InChI=1S/C13H12FN3O3/c14-8-1-4-10(11(5-8)17(18)19)12-6-16-13(20-12)7-15-9-2-3-9/h1,4-6,9,15H,2-3,7H2. The number of aromatic nitrogens is 1. The molecule has 1 fully saturated rings. The van der Waals surface area contributed by atoms with Crippen molar-refractivity contribution in [3.63, 3.8) is 0 Å². The van der Waals surface area contributed by atoms with Gasteiger partial charge in [0.25, 0.3) is 5.69 Å². The van der Waals surface area contributed by atoms with Crippen LogP contribution in [0.5, 0.6) is 0 Å². The van der Waals surface area contributed by atoms with E-state index in [0.717, 1.165) is 25.0 Å². The SMILES string of the molecule is O=[N+]([O-])c1cc(F)ccc1-c1cnc(CNC2CC2)o1. The largest absolute Gasteiger partial charge is 0.439 e. The number of hydrogen-bond donors (Lipinski definition) is 1. The number of rotatable bonds is 5. The fourth-order valence-corrected chi connectivity index (χ4v) is 1.90. The van der Waals surface area contributed by atoms with Gasteiger partial charge in [0.1, 0.15) is 5.82 Å². The lowest BCUT2D eigenvalue weighted by molar-refractivity contribution is -0.384. The van der Waals surface area contributed by atoms with Crippen LogP contribution in [-0.2, 0) is 6.54 Å². The Labute approximate surface area is 113 Å². The van der Waals surface area contributed by atoms with Gasteiger partial charge in [-0.25, -0.2) is 9.37 Å². The summed E-state index contributed by atoms with van der Waals surface area (Å²) in [5.74, 6) is 0.0745. The topological polar surface area (TPSA) is 81.2 Å². The van der Waals surface area contributed by atoms with E-state index in [-0.39, 0.29) is 17.0 Å². The predicted molar refractivity (Wildman–Crippen MR) is 68.4 cm³/mol. The molecular weight excluding hydrogens is 265 g/mol. The highest BCUT2D eigenvalue weighted by molar-refractivity contribution is 5.68. The first-order chi connectivity index (χ1) is 9.63. The molecule has 0 radical (unpaired) electrons. The van der Waals surface area contributed by atoms with E-state index in [1.807, 2.05) is 0 Å². The Morgan fingerprint density at radius 2 is 2.30 bits per heavy atom. The van der Waals surface area contributed by atoms with Crippen molar-refractivity contribution in [2.75, 3.05) is 0 Å². The summed E-state index contributed by atoms with van der Waals surface area (Å²) in [6, 6.07) is 3.88. The third-order valence-electron chi connectivity index (χ3n) is 3.09. The second-order valence-electron chi connectivity index (χ2n) is 4.69. The van der Waals surface area contributed by atoms with Crippen LogP contribution < -0.4 is 5.32 Å². The number of hydrogen-bond acceptors (Lipinski definition) is 5. The molecule has 20 heavy (non-hydrogen) atoms. The summed E-state index contributed by atoms with van der Waals surface area (Å²) in [6.45, 7) is 0.486. The molecule has 1 aliphatic rings. The van der Waals surface area contributed by atoms with Gasteiger partial charge in [0.05, 0.1) is 29.3 Å². The van der Waals surface area contributed by atoms with E-state index in [0.29, 0.717) is 18.5 Å². The first-order valence-corrected chi connectivity index (χ1v) is 6.26. The molecule has 104 valence electrons. The van der Waals surface area contributed by atoms with Crippen LogP contribution in [0.2, 0.25) is 0 Å². The first kappa shape index (κ1) is 12.7. The van der Waals surface area contributed by atoms with Crippen molar-refractivity contribution in [3.05, 3.63) is 46.2 Å². The van der Waals surface area contributed by atoms with E-state index in [2.05, 4.69) is 10.3 Å². The van der Waals surface area contributed by atoms with E-state index < -0.39 is 10.7 Å². The third kappa shape index (κ3) is 2.67. The van der Waals surface area contributed by atoms with Crippen molar-refractivity contribution in [2.45, 2.75) is 25.4 Å². The van der Waals surface area contributed by atoms with Gasteiger partial charge in [-0.05, 0) is 25.0 Å². The van der Waals surface area contributed by atoms with Gasteiger partial charge >= 0.3 is 0 Å². The summed E-state index contributed by atoms with van der Waals surface area (Å²) in [5, 5.41) is 14.2. The van der Waals surface area contributed by atoms with Crippen LogP contribution in [0.3, 0.4) is 0 Å². The number of nitrogens with zero attached hydrogens (tertiary/aromatic N) is 2. The average Bonchev–Trinajstić information content (AvgIpc) is 3.14. The van der Waals surface area contributed by atoms with Crippen LogP contribution in [0.4, 0.5) is 10.1 Å². The Hall–Kier alpha value is -2.28. The van der Waals surface area contributed by atoms with Gasteiger partial charge < -0.3 is 9.73 Å². The van der Waals surface area contributed by atoms with E-state index in [4.69, 9.17) is 4.42 Å². The highest BCUT2D eigenvalue weighted by atomic mass is 19.1. The van der Waals surface area contributed by atoms with E-state index in [1.165, 1.54) is 12.3 Å². The normalized spacial score (nSPS) is 14.4. The van der Waals surface area contributed by atoms with Gasteiger partial charge in [0.2, 0.25) is 5.89 Å². The van der Waals surface area contributed by atoms with Crippen molar-refractivity contribution in [1.82, 2.24) is 10.3 Å². The minimum absolute atomic E-state index is 0.224. The number of nitrogens with one attached hydrogen (secondary N) is 1. The number of nitro benzene ring substituents is 1. The van der Waals surface area contributed by atoms with Crippen LogP contribution in [0, 0.1) is 15.9 Å². The first-order valence-electron chi connectivity index (χ1n) is 6.26. The van der Waals surface area contributed by atoms with E-state index in [1.54, 1.807) is 0 Å². The number of nitro groups is 1. The highest BCUT2D eigenvalue weighted by Gasteiger charge is 2.22. The number of halogens is 1. The van der Waals surface area contributed by atoms with Crippen LogP contribution in [-0.4, -0.2) is 15.9 Å². The zero-order chi connectivity index (χ0) is 14.1. The second-order valence-corrected chi connectivity index (χ2v) is 4.69. The molecule has 0 amide bonds. The summed E-state index contributed by atoms with van der Waals surface area (Å²) in [7, 11) is 0. The molecule has 0 saturated heterocycles. The molecule has 1 aliphatic carbocycles. The molecule has 7 heteroatoms. The van der Waals surface area contributed by atoms with Crippen molar-refractivity contribution < 1.29 is 13.7 Å². The molecule has 3 rings (SSSR count). The quantitative estimate of drug-likeness (QED) is 0.671. The van der Waals surface area contributed by atoms with Crippen LogP contribution in [0.1, 0.15) is 18.7 Å². The maximum Gasteiger partial charge on any atom is 0.283 e. The zero-order valence-corrected chi connectivity index (χ0v) is 10.5. The highest BCUT2D eigenvalue weighted by Crippen LogP contribution is 2.31. The summed E-state index contributed by atoms with van der Waals surface area (Å²) in [4.78, 5) is 14.4. The van der Waals surface area contributed by atoms with E-state index in [9.17, 15) is 14.5 Å². The van der Waals surface area contributed by atoms with Crippen molar-refractivity contribution >= 4 is 5.69 Å². The second kappa shape index (κ2) is 5.01. The fourth-order valence-electron chi connectivity index (χ4n) is 1.90. The Bertz CT molecular complexity index is 652. The fraction of sp³-hybridized carbons (Fsp3) is 0.308. The van der Waals surface area contributed by atoms with Crippen molar-refractivity contribution in [2.24, 2.45) is 0 Å². The van der Waals surface area contributed by atoms with Gasteiger partial charge in [-0.15, -0.1) is 0 Å². The van der Waals surface area contributed by atoms with E-state index >= 15 is 0 Å². The molecule has 1 N–H and O–H groups in total. The summed E-state index contributed by atoms with van der Waals surface area (Å²) in [5.41, 5.74) is -0.107. The maximum absolute atomic E-state index is 13.1. The molecule has 0 aliphatic heterocycles. The Morgan fingerprint density at radius 3 is 3.00 bits per heavy atom. The average molecular weight is 277 g/mol. The minimum Gasteiger partial charge on any atom is -0.439 e. The molecule has 1 saturated carbocycles. The molecule has 2 aromatic rings. The van der Waals surface area contributed by atoms with Crippen LogP contribution in [0.15, 0.2) is 28.8 Å². The van der Waals surface area contributed by atoms with Crippen LogP contribution in [0.25, 0.3) is 11.3 Å². The molecule has 0 spiro atoms. The molecule has 1 aromatic carbocycles. The molecule has 0 bridgehead atoms. The summed E-state index contributed by atoms with van der Waals surface area (Å²) in [6.07, 6.45) is 3.72. The Balaban J connectivity index is 1.86. The van der Waals surface area contributed by atoms with Gasteiger partial charge in [0, 0.05) is 6.04 Å². The minimum atomic E-state index is -0.657.